The van der Waals surface area contributed by atoms with Crippen molar-refractivity contribution < 1.29 is 34.1 Å². The monoisotopic (exact) mass is 683 g/mol. The van der Waals surface area contributed by atoms with Crippen LogP contribution in [0.15, 0.2) is 0 Å². The van der Waals surface area contributed by atoms with Gasteiger partial charge in [-0.2, -0.15) is 0 Å². The van der Waals surface area contributed by atoms with Gasteiger partial charge in [-0.15, -0.1) is 0 Å². The lowest BCUT2D eigenvalue weighted by Crippen LogP contribution is -2.47. The quantitative estimate of drug-likeness (QED) is 0.0382. The van der Waals surface area contributed by atoms with Crippen molar-refractivity contribution in [3.05, 3.63) is 0 Å². The number of amides is 2. The molecule has 9 heteroatoms. The van der Waals surface area contributed by atoms with Gasteiger partial charge in [-0.05, 0) is 32.1 Å². The average Bonchev–Trinajstić information content (AvgIpc) is 3.07. The summed E-state index contributed by atoms with van der Waals surface area (Å²) >= 11 is 0. The number of rotatable bonds is 36. The van der Waals surface area contributed by atoms with Crippen LogP contribution in [0, 0.1) is 0 Å². The number of aliphatic hydroxyl groups excluding tert-OH is 1. The Hall–Kier alpha value is -2.16. The van der Waals surface area contributed by atoms with Gasteiger partial charge in [0.25, 0.3) is 0 Å². The van der Waals surface area contributed by atoms with Gasteiger partial charge in [0.15, 0.2) is 0 Å². The lowest BCUT2D eigenvalue weighted by atomic mass is 10.0. The highest BCUT2D eigenvalue weighted by atomic mass is 16.5. The highest BCUT2D eigenvalue weighted by Crippen LogP contribution is 2.17. The summed E-state index contributed by atoms with van der Waals surface area (Å²) < 4.78 is 5.82. The molecule has 0 aliphatic heterocycles. The number of carbonyl (C=O) groups excluding carboxylic acids is 3. The van der Waals surface area contributed by atoms with Gasteiger partial charge < -0.3 is 25.6 Å². The summed E-state index contributed by atoms with van der Waals surface area (Å²) in [6, 6.07) is -1.39. The molecule has 0 aliphatic carbocycles. The second-order valence-corrected chi connectivity index (χ2v) is 13.7. The van der Waals surface area contributed by atoms with Crippen molar-refractivity contribution in [2.75, 3.05) is 13.2 Å². The fourth-order valence-electron chi connectivity index (χ4n) is 6.00. The highest BCUT2D eigenvalue weighted by Gasteiger charge is 2.19. The lowest BCUT2D eigenvalue weighted by molar-refractivity contribution is -0.150. The molecular weight excluding hydrogens is 608 g/mol. The number of aliphatic carboxylic acids is 1. The van der Waals surface area contributed by atoms with E-state index in [0.717, 1.165) is 51.4 Å². The van der Waals surface area contributed by atoms with Crippen molar-refractivity contribution in [3.8, 4) is 0 Å². The topological polar surface area (TPSA) is 142 Å². The van der Waals surface area contributed by atoms with Crippen molar-refractivity contribution in [2.24, 2.45) is 0 Å². The van der Waals surface area contributed by atoms with E-state index in [1.54, 1.807) is 0 Å². The van der Waals surface area contributed by atoms with E-state index in [2.05, 4.69) is 24.5 Å². The van der Waals surface area contributed by atoms with Gasteiger partial charge in [0.2, 0.25) is 11.8 Å². The molecule has 0 saturated heterocycles. The predicted octanol–water partition coefficient (Wildman–Crippen LogP) is 8.93. The molecule has 0 aromatic heterocycles. The van der Waals surface area contributed by atoms with Crippen LogP contribution in [-0.4, -0.2) is 59.3 Å². The van der Waals surface area contributed by atoms with Gasteiger partial charge in [-0.3, -0.25) is 14.4 Å². The van der Waals surface area contributed by atoms with Gasteiger partial charge in [0.05, 0.1) is 13.2 Å². The van der Waals surface area contributed by atoms with E-state index in [-0.39, 0.29) is 30.9 Å². The Morgan fingerprint density at radius 1 is 0.542 bits per heavy atom. The maximum Gasteiger partial charge on any atom is 0.328 e. The Labute approximate surface area is 293 Å². The number of nitrogens with one attached hydrogen (secondary N) is 2. The SMILES string of the molecule is CCCCCCCCCCCCCCCCCCCCCCC(=O)OC(CCCC)CCCCCC(=O)NCC(=O)NC(CO)C(=O)O. The number of esters is 1. The van der Waals surface area contributed by atoms with E-state index >= 15 is 0 Å². The van der Waals surface area contributed by atoms with Crippen molar-refractivity contribution >= 4 is 23.8 Å². The fourth-order valence-corrected chi connectivity index (χ4v) is 6.00. The van der Waals surface area contributed by atoms with Gasteiger partial charge in [0.1, 0.15) is 12.1 Å². The number of carboxylic acids is 1. The van der Waals surface area contributed by atoms with Gasteiger partial charge in [-0.25, -0.2) is 4.79 Å². The number of aliphatic hydroxyl groups is 1. The average molecular weight is 683 g/mol. The zero-order valence-electron chi connectivity index (χ0n) is 31.0. The van der Waals surface area contributed by atoms with Crippen LogP contribution in [0.3, 0.4) is 0 Å². The van der Waals surface area contributed by atoms with Crippen LogP contribution in [0.2, 0.25) is 0 Å². The number of hydrogen-bond donors (Lipinski definition) is 4. The zero-order valence-corrected chi connectivity index (χ0v) is 31.0. The first-order valence-corrected chi connectivity index (χ1v) is 19.9. The van der Waals surface area contributed by atoms with Gasteiger partial charge >= 0.3 is 11.9 Å². The molecule has 0 heterocycles. The Morgan fingerprint density at radius 3 is 1.42 bits per heavy atom. The van der Waals surface area contributed by atoms with E-state index in [0.29, 0.717) is 12.8 Å². The molecule has 0 saturated carbocycles. The summed E-state index contributed by atoms with van der Waals surface area (Å²) in [4.78, 5) is 47.1. The normalized spacial score (nSPS) is 12.4. The first-order valence-electron chi connectivity index (χ1n) is 19.9. The molecule has 0 fully saturated rings. The van der Waals surface area contributed by atoms with Crippen molar-refractivity contribution in [1.29, 1.82) is 0 Å². The molecule has 48 heavy (non-hydrogen) atoms. The van der Waals surface area contributed by atoms with Crippen LogP contribution in [0.25, 0.3) is 0 Å². The fraction of sp³-hybridized carbons (Fsp3) is 0.897. The summed E-state index contributed by atoms with van der Waals surface area (Å²) in [6.07, 6.45) is 33.4. The minimum atomic E-state index is -1.39. The molecule has 2 atom stereocenters. The lowest BCUT2D eigenvalue weighted by Gasteiger charge is -2.18. The number of hydrogen-bond acceptors (Lipinski definition) is 6. The summed E-state index contributed by atoms with van der Waals surface area (Å²) in [5.41, 5.74) is 0. The van der Waals surface area contributed by atoms with Crippen molar-refractivity contribution in [1.82, 2.24) is 10.6 Å². The first-order chi connectivity index (χ1) is 23.3. The number of carbonyl (C=O) groups is 4. The number of carboxylic acid groups (broad SMARTS) is 1. The van der Waals surface area contributed by atoms with Crippen LogP contribution >= 0.6 is 0 Å². The second kappa shape index (κ2) is 34.7. The molecule has 0 radical (unpaired) electrons. The maximum atomic E-state index is 12.5. The number of ether oxygens (including phenoxy) is 1. The third kappa shape index (κ3) is 31.1. The smallest absolute Gasteiger partial charge is 0.328 e. The van der Waals surface area contributed by atoms with E-state index < -0.39 is 24.5 Å². The second-order valence-electron chi connectivity index (χ2n) is 13.7. The van der Waals surface area contributed by atoms with Crippen LogP contribution in [0.1, 0.15) is 200 Å². The molecular formula is C39H74N2O7. The van der Waals surface area contributed by atoms with Crippen LogP contribution in [0.4, 0.5) is 0 Å². The molecule has 0 aromatic rings. The minimum absolute atomic E-state index is 0.0752. The third-order valence-corrected chi connectivity index (χ3v) is 9.10. The van der Waals surface area contributed by atoms with E-state index in [1.165, 1.54) is 116 Å². The van der Waals surface area contributed by atoms with E-state index in [4.69, 9.17) is 14.9 Å². The molecule has 4 N–H and O–H groups in total. The van der Waals surface area contributed by atoms with Crippen LogP contribution < -0.4 is 10.6 Å². The Morgan fingerprint density at radius 2 is 0.958 bits per heavy atom. The first kappa shape index (κ1) is 45.8. The maximum absolute atomic E-state index is 12.5. The van der Waals surface area contributed by atoms with E-state index in [9.17, 15) is 19.2 Å². The molecule has 0 aliphatic rings. The largest absolute Gasteiger partial charge is 0.480 e. The highest BCUT2D eigenvalue weighted by molar-refractivity contribution is 5.87. The predicted molar refractivity (Wildman–Crippen MR) is 195 cm³/mol. The standard InChI is InChI=1S/C39H74N2O7/c1-3-5-7-8-9-10-11-12-13-14-15-16-17-18-19-20-21-22-23-27-31-38(45)48-34(28-6-4-2)29-25-24-26-30-36(43)40-32-37(44)41-35(33-42)39(46)47/h34-35,42H,3-33H2,1-2H3,(H,40,43)(H,41,44)(H,46,47). The van der Waals surface area contributed by atoms with Crippen molar-refractivity contribution in [3.63, 3.8) is 0 Å². The third-order valence-electron chi connectivity index (χ3n) is 9.10. The molecule has 0 spiro atoms. The Balaban J connectivity index is 3.75. The zero-order chi connectivity index (χ0) is 35.5. The minimum Gasteiger partial charge on any atom is -0.480 e. The van der Waals surface area contributed by atoms with Crippen LogP contribution in [0.5, 0.6) is 0 Å². The van der Waals surface area contributed by atoms with Crippen LogP contribution in [-0.2, 0) is 23.9 Å². The molecule has 282 valence electrons. The molecule has 2 unspecified atom stereocenters. The van der Waals surface area contributed by atoms with Crippen molar-refractivity contribution in [2.45, 2.75) is 212 Å². The summed E-state index contributed by atoms with van der Waals surface area (Å²) in [5.74, 6) is -2.39. The summed E-state index contributed by atoms with van der Waals surface area (Å²) in [7, 11) is 0. The van der Waals surface area contributed by atoms with Gasteiger partial charge in [-0.1, -0.05) is 155 Å². The summed E-state index contributed by atoms with van der Waals surface area (Å²) in [5, 5.41) is 22.4. The molecule has 0 rings (SSSR count). The van der Waals surface area contributed by atoms with Gasteiger partial charge in [0, 0.05) is 12.8 Å². The molecule has 0 aromatic carbocycles. The summed E-state index contributed by atoms with van der Waals surface area (Å²) in [6.45, 7) is 3.35. The molecule has 2 amide bonds. The van der Waals surface area contributed by atoms with E-state index in [1.807, 2.05) is 0 Å². The number of unbranched alkanes of at least 4 members (excludes halogenated alkanes) is 22. The Bertz CT molecular complexity index is 792. The molecule has 9 nitrogen and oxygen atoms in total. The Kier molecular flexibility index (Phi) is 33.1. The molecule has 0 bridgehead atoms.